The molecule has 0 spiro atoms. The molecule has 0 unspecified atom stereocenters. The minimum Gasteiger partial charge on any atom is -0.493 e. The third-order valence-corrected chi connectivity index (χ3v) is 6.52. The largest absolute Gasteiger partial charge is 0.493 e. The van der Waals surface area contributed by atoms with E-state index < -0.39 is 0 Å². The van der Waals surface area contributed by atoms with E-state index in [1.165, 1.54) is 0 Å². The van der Waals surface area contributed by atoms with Crippen molar-refractivity contribution >= 4 is 11.7 Å². The van der Waals surface area contributed by atoms with Crippen molar-refractivity contribution in [1.29, 1.82) is 0 Å². The number of carbonyl (C=O) groups is 2. The second-order valence-electron chi connectivity index (χ2n) is 8.46. The van der Waals surface area contributed by atoms with Gasteiger partial charge in [-0.1, -0.05) is 6.07 Å². The SMILES string of the molecule is CNC(=O)C1CCN(CC(=O)c2cc(C)n(CCc3ccc(OC)c(OC)c3)c2C)CC1. The van der Waals surface area contributed by atoms with Crippen molar-refractivity contribution in [3.05, 3.63) is 46.8 Å². The molecule has 3 rings (SSSR count). The summed E-state index contributed by atoms with van der Waals surface area (Å²) in [5, 5.41) is 2.73. The molecule has 1 aromatic heterocycles. The number of ether oxygens (including phenoxy) is 2. The summed E-state index contributed by atoms with van der Waals surface area (Å²) >= 11 is 0. The summed E-state index contributed by atoms with van der Waals surface area (Å²) in [6.07, 6.45) is 2.44. The predicted molar refractivity (Wildman–Crippen MR) is 125 cm³/mol. The van der Waals surface area contributed by atoms with Crippen LogP contribution in [-0.4, -0.2) is 62.1 Å². The zero-order chi connectivity index (χ0) is 23.3. The topological polar surface area (TPSA) is 72.8 Å². The van der Waals surface area contributed by atoms with Crippen LogP contribution in [0.25, 0.3) is 0 Å². The molecule has 7 nitrogen and oxygen atoms in total. The minimum atomic E-state index is 0.0630. The van der Waals surface area contributed by atoms with Gasteiger partial charge in [0.15, 0.2) is 17.3 Å². The van der Waals surface area contributed by atoms with E-state index in [-0.39, 0.29) is 17.6 Å². The van der Waals surface area contributed by atoms with Gasteiger partial charge in [0.05, 0.1) is 20.8 Å². The Bertz CT molecular complexity index is 958. The van der Waals surface area contributed by atoms with Crippen LogP contribution in [0.1, 0.15) is 40.2 Å². The monoisotopic (exact) mass is 441 g/mol. The first-order valence-corrected chi connectivity index (χ1v) is 11.2. The molecule has 32 heavy (non-hydrogen) atoms. The van der Waals surface area contributed by atoms with Gasteiger partial charge in [0.1, 0.15) is 0 Å². The molecule has 2 aromatic rings. The van der Waals surface area contributed by atoms with E-state index in [1.54, 1.807) is 21.3 Å². The number of nitrogens with one attached hydrogen (secondary N) is 1. The number of hydrogen-bond donors (Lipinski definition) is 1. The molecule has 1 aliphatic heterocycles. The number of likely N-dealkylation sites (tertiary alicyclic amines) is 1. The maximum Gasteiger partial charge on any atom is 0.222 e. The number of aryl methyl sites for hydroxylation is 2. The van der Waals surface area contributed by atoms with Crippen LogP contribution in [0.5, 0.6) is 11.5 Å². The fourth-order valence-electron chi connectivity index (χ4n) is 4.55. The summed E-state index contributed by atoms with van der Waals surface area (Å²) in [7, 11) is 4.95. The second kappa shape index (κ2) is 10.7. The van der Waals surface area contributed by atoms with Gasteiger partial charge in [-0.15, -0.1) is 0 Å². The van der Waals surface area contributed by atoms with E-state index in [9.17, 15) is 9.59 Å². The molecule has 1 aromatic carbocycles. The highest BCUT2D eigenvalue weighted by Crippen LogP contribution is 2.28. The van der Waals surface area contributed by atoms with E-state index in [1.807, 2.05) is 38.1 Å². The molecule has 7 heteroatoms. The van der Waals surface area contributed by atoms with Gasteiger partial charge in [-0.25, -0.2) is 0 Å². The van der Waals surface area contributed by atoms with E-state index in [0.29, 0.717) is 6.54 Å². The van der Waals surface area contributed by atoms with Crippen LogP contribution in [0, 0.1) is 19.8 Å². The number of ketones is 1. The van der Waals surface area contributed by atoms with Gasteiger partial charge in [-0.3, -0.25) is 14.5 Å². The van der Waals surface area contributed by atoms with Crippen molar-refractivity contribution in [2.45, 2.75) is 39.7 Å². The van der Waals surface area contributed by atoms with Gasteiger partial charge >= 0.3 is 0 Å². The van der Waals surface area contributed by atoms with Crippen LogP contribution in [0.15, 0.2) is 24.3 Å². The van der Waals surface area contributed by atoms with Gasteiger partial charge in [0.2, 0.25) is 5.91 Å². The summed E-state index contributed by atoms with van der Waals surface area (Å²) in [6.45, 7) is 6.82. The van der Waals surface area contributed by atoms with E-state index in [0.717, 1.165) is 72.9 Å². The highest BCUT2D eigenvalue weighted by Gasteiger charge is 2.26. The molecule has 174 valence electrons. The molecule has 2 heterocycles. The van der Waals surface area contributed by atoms with E-state index >= 15 is 0 Å². The van der Waals surface area contributed by atoms with Crippen LogP contribution in [0.4, 0.5) is 0 Å². The lowest BCUT2D eigenvalue weighted by atomic mass is 9.95. The Morgan fingerprint density at radius 1 is 1.06 bits per heavy atom. The van der Waals surface area contributed by atoms with Crippen molar-refractivity contribution in [1.82, 2.24) is 14.8 Å². The molecule has 1 saturated heterocycles. The fraction of sp³-hybridized carbons (Fsp3) is 0.520. The van der Waals surface area contributed by atoms with Crippen molar-refractivity contribution in [3.63, 3.8) is 0 Å². The zero-order valence-corrected chi connectivity index (χ0v) is 19.9. The van der Waals surface area contributed by atoms with Gasteiger partial charge in [-0.2, -0.15) is 0 Å². The lowest BCUT2D eigenvalue weighted by Gasteiger charge is -2.30. The Hall–Kier alpha value is -2.80. The molecule has 0 bridgehead atoms. The fourth-order valence-corrected chi connectivity index (χ4v) is 4.55. The number of Topliss-reactive ketones (excluding diaryl/α,β-unsaturated/α-hetero) is 1. The number of piperidine rings is 1. The first kappa shape index (κ1) is 23.9. The Morgan fingerprint density at radius 2 is 1.75 bits per heavy atom. The van der Waals surface area contributed by atoms with Crippen LogP contribution in [-0.2, 0) is 17.8 Å². The van der Waals surface area contributed by atoms with Gasteiger partial charge in [0, 0.05) is 36.5 Å². The van der Waals surface area contributed by atoms with Crippen molar-refractivity contribution in [2.75, 3.05) is 40.9 Å². The molecule has 0 aliphatic carbocycles. The zero-order valence-electron chi connectivity index (χ0n) is 19.9. The van der Waals surface area contributed by atoms with E-state index in [2.05, 4.69) is 14.8 Å². The maximum atomic E-state index is 13.0. The summed E-state index contributed by atoms with van der Waals surface area (Å²) in [6, 6.07) is 7.97. The number of carbonyl (C=O) groups excluding carboxylic acids is 2. The number of benzene rings is 1. The average molecular weight is 442 g/mol. The number of methoxy groups -OCH3 is 2. The Morgan fingerprint density at radius 3 is 2.38 bits per heavy atom. The molecular weight excluding hydrogens is 406 g/mol. The smallest absolute Gasteiger partial charge is 0.222 e. The van der Waals surface area contributed by atoms with Gasteiger partial charge in [0.25, 0.3) is 0 Å². The molecule has 0 atom stereocenters. The number of nitrogens with zero attached hydrogens (tertiary/aromatic N) is 2. The highest BCUT2D eigenvalue weighted by molar-refractivity contribution is 5.99. The lowest BCUT2D eigenvalue weighted by molar-refractivity contribution is -0.125. The highest BCUT2D eigenvalue weighted by atomic mass is 16.5. The Labute approximate surface area is 190 Å². The molecule has 0 radical (unpaired) electrons. The third kappa shape index (κ3) is 5.33. The molecule has 1 N–H and O–H groups in total. The summed E-state index contributed by atoms with van der Waals surface area (Å²) in [5.41, 5.74) is 4.04. The van der Waals surface area contributed by atoms with Crippen LogP contribution in [0.2, 0.25) is 0 Å². The third-order valence-electron chi connectivity index (χ3n) is 6.52. The second-order valence-corrected chi connectivity index (χ2v) is 8.46. The van der Waals surface area contributed by atoms with Crippen molar-refractivity contribution in [2.24, 2.45) is 5.92 Å². The Balaban J connectivity index is 1.62. The molecular formula is C25H35N3O4. The van der Waals surface area contributed by atoms with Crippen molar-refractivity contribution in [3.8, 4) is 11.5 Å². The molecule has 1 aliphatic rings. The summed E-state index contributed by atoms with van der Waals surface area (Å²) in [5.74, 6) is 1.76. The quantitative estimate of drug-likeness (QED) is 0.606. The van der Waals surface area contributed by atoms with Crippen LogP contribution >= 0.6 is 0 Å². The predicted octanol–water partition coefficient (Wildman–Crippen LogP) is 3.01. The summed E-state index contributed by atoms with van der Waals surface area (Å²) < 4.78 is 12.9. The maximum absolute atomic E-state index is 13.0. The normalized spacial score (nSPS) is 14.9. The first-order chi connectivity index (χ1) is 15.4. The minimum absolute atomic E-state index is 0.0630. The standard InChI is InChI=1S/C25H35N3O4/c1-17-14-21(22(29)16-27-11-9-20(10-12-27)25(30)26-3)18(2)28(17)13-8-19-6-7-23(31-4)24(15-19)32-5/h6-7,14-15,20H,8-13,16H2,1-5H3,(H,26,30). The van der Waals surface area contributed by atoms with E-state index in [4.69, 9.17) is 9.47 Å². The van der Waals surface area contributed by atoms with Crippen LogP contribution in [0.3, 0.4) is 0 Å². The number of aromatic nitrogens is 1. The van der Waals surface area contributed by atoms with Crippen molar-refractivity contribution < 1.29 is 19.1 Å². The lowest BCUT2D eigenvalue weighted by Crippen LogP contribution is -2.41. The first-order valence-electron chi connectivity index (χ1n) is 11.2. The number of rotatable bonds is 9. The summed E-state index contributed by atoms with van der Waals surface area (Å²) in [4.78, 5) is 27.0. The van der Waals surface area contributed by atoms with Gasteiger partial charge in [-0.05, 0) is 70.0 Å². The molecule has 1 amide bonds. The van der Waals surface area contributed by atoms with Gasteiger partial charge < -0.3 is 19.4 Å². The molecule has 1 fully saturated rings. The molecule has 0 saturated carbocycles. The number of hydrogen-bond acceptors (Lipinski definition) is 5. The number of amides is 1. The van der Waals surface area contributed by atoms with Crippen LogP contribution < -0.4 is 14.8 Å². The Kier molecular flexibility index (Phi) is 7.96. The average Bonchev–Trinajstić information content (AvgIpc) is 3.10.